The Bertz CT molecular complexity index is 361. The zero-order chi connectivity index (χ0) is 10.6. The molecule has 0 fully saturated rings. The van der Waals surface area contributed by atoms with Gasteiger partial charge in [0, 0.05) is 20.2 Å². The van der Waals surface area contributed by atoms with Crippen molar-refractivity contribution >= 4 is 11.9 Å². The van der Waals surface area contributed by atoms with Crippen LogP contribution in [0.1, 0.15) is 5.56 Å². The lowest BCUT2D eigenvalue weighted by Gasteiger charge is -2.02. The Kier molecular flexibility index (Phi) is 3.17. The molecule has 0 aliphatic rings. The molecule has 1 rings (SSSR count). The van der Waals surface area contributed by atoms with E-state index in [0.717, 1.165) is 0 Å². The maximum absolute atomic E-state index is 10.6. The van der Waals surface area contributed by atoms with Crippen molar-refractivity contribution in [1.82, 2.24) is 5.01 Å². The van der Waals surface area contributed by atoms with Crippen molar-refractivity contribution in [3.05, 3.63) is 39.9 Å². The zero-order valence-corrected chi connectivity index (χ0v) is 8.04. The van der Waals surface area contributed by atoms with Crippen LogP contribution in [0.3, 0.4) is 0 Å². The number of nitro benzene ring substituents is 1. The molecule has 0 aliphatic carbocycles. The minimum absolute atomic E-state index is 0.0677. The van der Waals surface area contributed by atoms with E-state index in [9.17, 15) is 10.1 Å². The van der Waals surface area contributed by atoms with Gasteiger partial charge in [-0.2, -0.15) is 5.10 Å². The van der Waals surface area contributed by atoms with E-state index in [1.807, 2.05) is 0 Å². The lowest BCUT2D eigenvalue weighted by Crippen LogP contribution is -2.03. The summed E-state index contributed by atoms with van der Waals surface area (Å²) >= 11 is 0. The Morgan fingerprint density at radius 2 is 2.07 bits per heavy atom. The van der Waals surface area contributed by atoms with Gasteiger partial charge in [-0.1, -0.05) is 12.1 Å². The van der Waals surface area contributed by atoms with E-state index in [1.165, 1.54) is 12.3 Å². The summed E-state index contributed by atoms with van der Waals surface area (Å²) in [6.45, 7) is 0. The summed E-state index contributed by atoms with van der Waals surface area (Å²) in [6.07, 6.45) is 1.47. The van der Waals surface area contributed by atoms with Crippen molar-refractivity contribution in [1.29, 1.82) is 0 Å². The zero-order valence-electron chi connectivity index (χ0n) is 8.04. The van der Waals surface area contributed by atoms with Crippen LogP contribution in [0.5, 0.6) is 0 Å². The highest BCUT2D eigenvalue weighted by molar-refractivity contribution is 5.84. The van der Waals surface area contributed by atoms with Crippen LogP contribution in [0.15, 0.2) is 29.4 Å². The molecule has 0 heterocycles. The summed E-state index contributed by atoms with van der Waals surface area (Å²) in [5.41, 5.74) is 0.573. The summed E-state index contributed by atoms with van der Waals surface area (Å²) in [6, 6.07) is 6.48. The molecule has 0 amide bonds. The molecule has 0 N–H and O–H groups in total. The average molecular weight is 193 g/mol. The molecule has 0 radical (unpaired) electrons. The van der Waals surface area contributed by atoms with E-state index in [0.29, 0.717) is 5.56 Å². The molecule has 0 unspecified atom stereocenters. The normalized spacial score (nSPS) is 10.4. The number of nitrogens with zero attached hydrogens (tertiary/aromatic N) is 3. The number of benzene rings is 1. The third kappa shape index (κ3) is 2.55. The van der Waals surface area contributed by atoms with Crippen LogP contribution in [0, 0.1) is 10.1 Å². The second-order valence-corrected chi connectivity index (χ2v) is 2.91. The van der Waals surface area contributed by atoms with Crippen molar-refractivity contribution in [2.75, 3.05) is 14.1 Å². The quantitative estimate of drug-likeness (QED) is 0.415. The molecule has 1 aromatic rings. The van der Waals surface area contributed by atoms with Crippen LogP contribution in [-0.4, -0.2) is 30.2 Å². The molecule has 5 heteroatoms. The molecule has 0 bridgehead atoms. The molecule has 0 aliphatic heterocycles. The minimum atomic E-state index is -0.420. The molecular weight excluding hydrogens is 182 g/mol. The molecule has 5 nitrogen and oxygen atoms in total. The summed E-state index contributed by atoms with van der Waals surface area (Å²) in [5.74, 6) is 0. The molecule has 14 heavy (non-hydrogen) atoms. The predicted octanol–water partition coefficient (Wildman–Crippen LogP) is 1.49. The van der Waals surface area contributed by atoms with E-state index in [1.54, 1.807) is 37.3 Å². The monoisotopic (exact) mass is 193 g/mol. The van der Waals surface area contributed by atoms with Gasteiger partial charge in [0.25, 0.3) is 5.69 Å². The van der Waals surface area contributed by atoms with Crippen molar-refractivity contribution < 1.29 is 4.92 Å². The smallest absolute Gasteiger partial charge is 0.278 e. The van der Waals surface area contributed by atoms with Gasteiger partial charge < -0.3 is 5.01 Å². The largest absolute Gasteiger partial charge is 0.303 e. The first-order valence-corrected chi connectivity index (χ1v) is 4.06. The van der Waals surface area contributed by atoms with Gasteiger partial charge in [-0.15, -0.1) is 0 Å². The topological polar surface area (TPSA) is 58.7 Å². The van der Waals surface area contributed by atoms with Gasteiger partial charge in [-0.3, -0.25) is 10.1 Å². The number of rotatable bonds is 3. The Balaban J connectivity index is 3.02. The van der Waals surface area contributed by atoms with Crippen molar-refractivity contribution in [2.45, 2.75) is 0 Å². The van der Waals surface area contributed by atoms with Gasteiger partial charge in [-0.05, 0) is 6.07 Å². The standard InChI is InChI=1S/C9H11N3O2/c1-11(2)10-7-8-5-3-4-6-9(8)12(13)14/h3-7H,1-2H3. The number of para-hydroxylation sites is 1. The molecule has 0 spiro atoms. The maximum Gasteiger partial charge on any atom is 0.278 e. The van der Waals surface area contributed by atoms with E-state index in [-0.39, 0.29) is 5.69 Å². The predicted molar refractivity (Wildman–Crippen MR) is 54.4 cm³/mol. The highest BCUT2D eigenvalue weighted by Crippen LogP contribution is 2.15. The van der Waals surface area contributed by atoms with Gasteiger partial charge in [0.1, 0.15) is 0 Å². The first kappa shape index (κ1) is 10.2. The van der Waals surface area contributed by atoms with Gasteiger partial charge in [-0.25, -0.2) is 0 Å². The Morgan fingerprint density at radius 1 is 1.43 bits per heavy atom. The molecule has 1 aromatic carbocycles. The second-order valence-electron chi connectivity index (χ2n) is 2.91. The number of hydrogen-bond acceptors (Lipinski definition) is 4. The third-order valence-electron chi connectivity index (χ3n) is 1.56. The fraction of sp³-hybridized carbons (Fsp3) is 0.222. The molecule has 0 saturated heterocycles. The first-order valence-electron chi connectivity index (χ1n) is 4.06. The van der Waals surface area contributed by atoms with Crippen LogP contribution in [0.4, 0.5) is 5.69 Å². The number of hydrazone groups is 1. The number of nitro groups is 1. The lowest BCUT2D eigenvalue weighted by molar-refractivity contribution is -0.385. The van der Waals surface area contributed by atoms with Crippen molar-refractivity contribution in [3.63, 3.8) is 0 Å². The van der Waals surface area contributed by atoms with E-state index < -0.39 is 4.92 Å². The fourth-order valence-corrected chi connectivity index (χ4v) is 0.941. The Morgan fingerprint density at radius 3 is 2.64 bits per heavy atom. The maximum atomic E-state index is 10.6. The second kappa shape index (κ2) is 4.36. The highest BCUT2D eigenvalue weighted by atomic mass is 16.6. The van der Waals surface area contributed by atoms with Crippen LogP contribution >= 0.6 is 0 Å². The van der Waals surface area contributed by atoms with E-state index in [4.69, 9.17) is 0 Å². The third-order valence-corrected chi connectivity index (χ3v) is 1.56. The summed E-state index contributed by atoms with van der Waals surface area (Å²) in [5, 5.41) is 16.1. The molecule has 0 aromatic heterocycles. The van der Waals surface area contributed by atoms with Crippen LogP contribution in [0.25, 0.3) is 0 Å². The van der Waals surface area contributed by atoms with Crippen LogP contribution < -0.4 is 0 Å². The first-order chi connectivity index (χ1) is 6.61. The minimum Gasteiger partial charge on any atom is -0.303 e. The number of hydrogen-bond donors (Lipinski definition) is 0. The Labute approximate surface area is 81.8 Å². The Hall–Kier alpha value is -1.91. The van der Waals surface area contributed by atoms with Crippen molar-refractivity contribution in [2.24, 2.45) is 5.10 Å². The average Bonchev–Trinajstić information content (AvgIpc) is 2.15. The summed E-state index contributed by atoms with van der Waals surface area (Å²) < 4.78 is 0. The van der Waals surface area contributed by atoms with Gasteiger partial charge in [0.2, 0.25) is 0 Å². The summed E-state index contributed by atoms with van der Waals surface area (Å²) in [7, 11) is 3.51. The van der Waals surface area contributed by atoms with Crippen LogP contribution in [-0.2, 0) is 0 Å². The molecular formula is C9H11N3O2. The molecule has 74 valence electrons. The summed E-state index contributed by atoms with van der Waals surface area (Å²) in [4.78, 5) is 10.2. The van der Waals surface area contributed by atoms with Gasteiger partial charge in [0.05, 0.1) is 16.7 Å². The lowest BCUT2D eigenvalue weighted by atomic mass is 10.2. The van der Waals surface area contributed by atoms with Crippen molar-refractivity contribution in [3.8, 4) is 0 Å². The van der Waals surface area contributed by atoms with Crippen LogP contribution in [0.2, 0.25) is 0 Å². The van der Waals surface area contributed by atoms with E-state index >= 15 is 0 Å². The van der Waals surface area contributed by atoms with Gasteiger partial charge in [0.15, 0.2) is 0 Å². The molecule has 0 saturated carbocycles. The molecule has 0 atom stereocenters. The highest BCUT2D eigenvalue weighted by Gasteiger charge is 2.09. The SMILES string of the molecule is CN(C)N=Cc1ccccc1[N+](=O)[O-]. The van der Waals surface area contributed by atoms with E-state index in [2.05, 4.69) is 5.10 Å². The van der Waals surface area contributed by atoms with Gasteiger partial charge >= 0.3 is 0 Å². The fourth-order valence-electron chi connectivity index (χ4n) is 0.941.